The topological polar surface area (TPSA) is 66.5 Å². The van der Waals surface area contributed by atoms with Gasteiger partial charge in [-0.15, -0.1) is 0 Å². The van der Waals surface area contributed by atoms with E-state index in [1.807, 2.05) is 13.8 Å². The fourth-order valence-corrected chi connectivity index (χ4v) is 2.95. The maximum atomic E-state index is 12.0. The van der Waals surface area contributed by atoms with Crippen LogP contribution >= 0.6 is 0 Å². The number of hydrogen-bond acceptors (Lipinski definition) is 4. The van der Waals surface area contributed by atoms with Gasteiger partial charge in [-0.25, -0.2) is 8.42 Å². The van der Waals surface area contributed by atoms with Crippen LogP contribution in [0.5, 0.6) is 0 Å². The molecule has 0 aliphatic carbocycles. The fourth-order valence-electron chi connectivity index (χ4n) is 1.85. The average molecular weight is 278 g/mol. The summed E-state index contributed by atoms with van der Waals surface area (Å²) in [6.45, 7) is 10.4. The van der Waals surface area contributed by atoms with E-state index in [9.17, 15) is 13.2 Å². The second kappa shape index (κ2) is 7.74. The molecule has 1 N–H and O–H groups in total. The molecule has 0 saturated carbocycles. The van der Waals surface area contributed by atoms with Gasteiger partial charge in [0.05, 0.1) is 11.8 Å². The van der Waals surface area contributed by atoms with Crippen LogP contribution in [0.2, 0.25) is 0 Å². The van der Waals surface area contributed by atoms with Crippen molar-refractivity contribution in [2.24, 2.45) is 0 Å². The first kappa shape index (κ1) is 17.4. The van der Waals surface area contributed by atoms with Crippen molar-refractivity contribution >= 4 is 15.7 Å². The molecule has 0 radical (unpaired) electrons. The lowest BCUT2D eigenvalue weighted by atomic mass is 10.2. The number of amides is 1. The van der Waals surface area contributed by atoms with Crippen LogP contribution in [0.1, 0.15) is 34.6 Å². The van der Waals surface area contributed by atoms with Gasteiger partial charge in [0.15, 0.2) is 9.84 Å². The van der Waals surface area contributed by atoms with Gasteiger partial charge in [0.2, 0.25) is 5.91 Å². The molecule has 108 valence electrons. The highest BCUT2D eigenvalue weighted by Crippen LogP contribution is 1.99. The summed E-state index contributed by atoms with van der Waals surface area (Å²) in [6, 6.07) is -0.573. The third-order valence-electron chi connectivity index (χ3n) is 2.92. The van der Waals surface area contributed by atoms with Gasteiger partial charge in [-0.3, -0.25) is 4.79 Å². The van der Waals surface area contributed by atoms with Gasteiger partial charge in [-0.05, 0) is 27.7 Å². The summed E-state index contributed by atoms with van der Waals surface area (Å²) < 4.78 is 22.9. The predicted octanol–water partition coefficient (Wildman–Crippen LogP) is 0.656. The Kier molecular flexibility index (Phi) is 7.47. The van der Waals surface area contributed by atoms with E-state index >= 15 is 0 Å². The number of sulfone groups is 1. The first-order chi connectivity index (χ1) is 8.27. The van der Waals surface area contributed by atoms with Crippen molar-refractivity contribution in [2.75, 3.05) is 24.6 Å². The monoisotopic (exact) mass is 278 g/mol. The van der Waals surface area contributed by atoms with Gasteiger partial charge >= 0.3 is 0 Å². The largest absolute Gasteiger partial charge is 0.342 e. The molecule has 0 saturated heterocycles. The molecule has 0 rings (SSSR count). The first-order valence-electron chi connectivity index (χ1n) is 6.52. The second-order valence-corrected chi connectivity index (χ2v) is 6.90. The van der Waals surface area contributed by atoms with Crippen molar-refractivity contribution in [3.05, 3.63) is 0 Å². The quantitative estimate of drug-likeness (QED) is 0.708. The Morgan fingerprint density at radius 3 is 2.06 bits per heavy atom. The molecule has 0 aromatic carbocycles. The van der Waals surface area contributed by atoms with Crippen LogP contribution in [0.25, 0.3) is 0 Å². The Bertz CT molecular complexity index is 350. The lowest BCUT2D eigenvalue weighted by Gasteiger charge is -2.25. The van der Waals surface area contributed by atoms with E-state index in [1.165, 1.54) is 0 Å². The van der Waals surface area contributed by atoms with Gasteiger partial charge in [-0.2, -0.15) is 0 Å². The van der Waals surface area contributed by atoms with Crippen LogP contribution < -0.4 is 5.32 Å². The molecule has 18 heavy (non-hydrogen) atoms. The second-order valence-electron chi connectivity index (χ2n) is 4.50. The fraction of sp³-hybridized carbons (Fsp3) is 0.917. The summed E-state index contributed by atoms with van der Waals surface area (Å²) in [7, 11) is -3.01. The molecular formula is C12H26N2O3S. The molecular weight excluding hydrogens is 252 g/mol. The molecule has 0 bridgehead atoms. The van der Waals surface area contributed by atoms with Crippen LogP contribution in [0.3, 0.4) is 0 Å². The molecule has 2 atom stereocenters. The predicted molar refractivity (Wildman–Crippen MR) is 74.3 cm³/mol. The minimum absolute atomic E-state index is 0.0146. The highest BCUT2D eigenvalue weighted by molar-refractivity contribution is 7.91. The lowest BCUT2D eigenvalue weighted by Crippen LogP contribution is -2.49. The van der Waals surface area contributed by atoms with Crippen molar-refractivity contribution in [3.63, 3.8) is 0 Å². The SMILES string of the molecule is CCN(CC)C(=O)C(C)NC(C)CS(=O)(=O)CC. The zero-order chi connectivity index (χ0) is 14.3. The summed E-state index contributed by atoms with van der Waals surface area (Å²) in [5.74, 6) is 0.220. The Morgan fingerprint density at radius 2 is 1.67 bits per heavy atom. The maximum absolute atomic E-state index is 12.0. The summed E-state index contributed by atoms with van der Waals surface area (Å²) in [5, 5.41) is 3.05. The summed E-state index contributed by atoms with van der Waals surface area (Å²) in [5.41, 5.74) is 0. The molecule has 0 fully saturated rings. The van der Waals surface area contributed by atoms with Gasteiger partial charge in [0.1, 0.15) is 0 Å². The maximum Gasteiger partial charge on any atom is 0.239 e. The molecule has 5 nitrogen and oxygen atoms in total. The van der Waals surface area contributed by atoms with Crippen LogP contribution in [0, 0.1) is 0 Å². The highest BCUT2D eigenvalue weighted by atomic mass is 32.2. The first-order valence-corrected chi connectivity index (χ1v) is 8.34. The molecule has 0 aromatic rings. The standard InChI is InChI=1S/C12H26N2O3S/c1-6-14(7-2)12(15)11(5)13-10(4)9-18(16,17)8-3/h10-11,13H,6-9H2,1-5H3. The van der Waals surface area contributed by atoms with E-state index in [1.54, 1.807) is 25.7 Å². The van der Waals surface area contributed by atoms with E-state index in [0.29, 0.717) is 13.1 Å². The zero-order valence-corrected chi connectivity index (χ0v) is 12.9. The zero-order valence-electron chi connectivity index (χ0n) is 12.1. The summed E-state index contributed by atoms with van der Waals surface area (Å²) in [4.78, 5) is 13.7. The molecule has 1 amide bonds. The van der Waals surface area contributed by atoms with Gasteiger partial charge in [0.25, 0.3) is 0 Å². The van der Waals surface area contributed by atoms with Crippen molar-refractivity contribution in [3.8, 4) is 0 Å². The van der Waals surface area contributed by atoms with Gasteiger partial charge in [-0.1, -0.05) is 6.92 Å². The molecule has 6 heteroatoms. The minimum Gasteiger partial charge on any atom is -0.342 e. The van der Waals surface area contributed by atoms with Gasteiger partial charge in [0, 0.05) is 24.9 Å². The van der Waals surface area contributed by atoms with Crippen molar-refractivity contribution < 1.29 is 13.2 Å². The van der Waals surface area contributed by atoms with Crippen LogP contribution in [0.4, 0.5) is 0 Å². The van der Waals surface area contributed by atoms with E-state index in [0.717, 1.165) is 0 Å². The number of carbonyl (C=O) groups excluding carboxylic acids is 1. The van der Waals surface area contributed by atoms with Crippen LogP contribution in [-0.4, -0.2) is 55.9 Å². The molecule has 0 heterocycles. The van der Waals surface area contributed by atoms with E-state index in [2.05, 4.69) is 5.32 Å². The highest BCUT2D eigenvalue weighted by Gasteiger charge is 2.21. The number of carbonyl (C=O) groups is 1. The summed E-state index contributed by atoms with van der Waals surface area (Å²) in [6.07, 6.45) is 0. The molecule has 0 spiro atoms. The van der Waals surface area contributed by atoms with Gasteiger partial charge < -0.3 is 10.2 Å². The minimum atomic E-state index is -3.01. The number of rotatable bonds is 8. The third kappa shape index (κ3) is 5.82. The smallest absolute Gasteiger partial charge is 0.239 e. The Hall–Kier alpha value is -0.620. The Labute approximate surface area is 111 Å². The van der Waals surface area contributed by atoms with Crippen molar-refractivity contribution in [1.29, 1.82) is 0 Å². The van der Waals surface area contributed by atoms with Crippen LogP contribution in [-0.2, 0) is 14.6 Å². The number of hydrogen-bond donors (Lipinski definition) is 1. The van der Waals surface area contributed by atoms with E-state index in [-0.39, 0.29) is 29.5 Å². The normalized spacial score (nSPS) is 15.2. The lowest BCUT2D eigenvalue weighted by molar-refractivity contribution is -0.132. The van der Waals surface area contributed by atoms with Crippen molar-refractivity contribution in [2.45, 2.75) is 46.7 Å². The molecule has 0 aromatic heterocycles. The van der Waals surface area contributed by atoms with E-state index in [4.69, 9.17) is 0 Å². The van der Waals surface area contributed by atoms with E-state index < -0.39 is 9.84 Å². The molecule has 0 aliphatic rings. The molecule has 2 unspecified atom stereocenters. The number of nitrogens with zero attached hydrogens (tertiary/aromatic N) is 1. The number of likely N-dealkylation sites (N-methyl/N-ethyl adjacent to an activating group) is 1. The number of nitrogens with one attached hydrogen (secondary N) is 1. The summed E-state index contributed by atoms with van der Waals surface area (Å²) >= 11 is 0. The molecule has 0 aliphatic heterocycles. The van der Waals surface area contributed by atoms with Crippen LogP contribution in [0.15, 0.2) is 0 Å². The van der Waals surface area contributed by atoms with Crippen molar-refractivity contribution in [1.82, 2.24) is 10.2 Å². The Morgan fingerprint density at radius 1 is 1.17 bits per heavy atom. The average Bonchev–Trinajstić information content (AvgIpc) is 2.29. The third-order valence-corrected chi connectivity index (χ3v) is 4.81. The Balaban J connectivity index is 4.39.